The Morgan fingerprint density at radius 2 is 1.42 bits per heavy atom. The second-order valence-electron chi connectivity index (χ2n) is 6.35. The molecule has 0 aromatic carbocycles. The second-order valence-corrected chi connectivity index (χ2v) is 10.0. The molecule has 0 aromatic rings. The normalized spacial score (nSPS) is 38.0. The Hall–Kier alpha value is 0.890. The fourth-order valence-corrected chi connectivity index (χ4v) is 6.27. The Morgan fingerprint density at radius 3 is 2.12 bits per heavy atom. The van der Waals surface area contributed by atoms with Gasteiger partial charge in [0.1, 0.15) is 6.10 Å². The highest BCUT2D eigenvalue weighted by Gasteiger charge is 2.48. The van der Waals surface area contributed by atoms with Crippen molar-refractivity contribution < 1.29 is 18.9 Å². The quantitative estimate of drug-likeness (QED) is 0.624. The molecule has 0 radical (unpaired) electrons. The van der Waals surface area contributed by atoms with Crippen LogP contribution in [0.3, 0.4) is 0 Å². The number of thioether (sulfide) groups is 3. The minimum absolute atomic E-state index is 0.00656. The highest BCUT2D eigenvalue weighted by molar-refractivity contribution is 8.04. The van der Waals surface area contributed by atoms with Gasteiger partial charge in [0.15, 0.2) is 5.79 Å². The first-order valence-electron chi connectivity index (χ1n) is 9.13. The molecular formula is C17H30O4S3. The summed E-state index contributed by atoms with van der Waals surface area (Å²) in [4.78, 5) is 0. The zero-order valence-electron chi connectivity index (χ0n) is 14.4. The van der Waals surface area contributed by atoms with Crippen LogP contribution in [0.5, 0.6) is 0 Å². The topological polar surface area (TPSA) is 36.9 Å². The van der Waals surface area contributed by atoms with Gasteiger partial charge in [-0.15, -0.1) is 0 Å². The standard InChI is InChI=1S/C17H30O4S3/c1-2-4-20-17(3-1)16-13-15(14-21-17)18-5-7-22-9-11-24-12-10-23-8-6-19-16/h15-16H,1-14H2. The van der Waals surface area contributed by atoms with E-state index in [1.807, 2.05) is 23.5 Å². The Balaban J connectivity index is 1.55. The van der Waals surface area contributed by atoms with Crippen LogP contribution in [0.15, 0.2) is 0 Å². The highest BCUT2D eigenvalue weighted by Crippen LogP contribution is 2.37. The maximum Gasteiger partial charge on any atom is 0.194 e. The fraction of sp³-hybridized carbons (Fsp3) is 1.00. The number of ether oxygens (including phenoxy) is 4. The zero-order chi connectivity index (χ0) is 16.5. The van der Waals surface area contributed by atoms with Crippen LogP contribution in [0.25, 0.3) is 0 Å². The van der Waals surface area contributed by atoms with E-state index in [1.54, 1.807) is 0 Å². The molecule has 0 saturated carbocycles. The van der Waals surface area contributed by atoms with Gasteiger partial charge >= 0.3 is 0 Å². The molecule has 0 aromatic heterocycles. The van der Waals surface area contributed by atoms with Crippen LogP contribution in [-0.4, -0.2) is 78.9 Å². The van der Waals surface area contributed by atoms with Crippen LogP contribution in [0.1, 0.15) is 25.7 Å². The third-order valence-electron chi connectivity index (χ3n) is 4.62. The predicted octanol–water partition coefficient (Wildman–Crippen LogP) is 3.29. The van der Waals surface area contributed by atoms with E-state index in [0.29, 0.717) is 6.61 Å². The minimum atomic E-state index is -0.515. The minimum Gasteiger partial charge on any atom is -0.375 e. The monoisotopic (exact) mass is 394 g/mol. The lowest BCUT2D eigenvalue weighted by molar-refractivity contribution is -0.336. The van der Waals surface area contributed by atoms with Crippen molar-refractivity contribution in [2.45, 2.75) is 43.7 Å². The highest BCUT2D eigenvalue weighted by atomic mass is 32.2. The SMILES string of the molecule is C1CCC2(OC1)OCC1CC2OCCSCCSCCSCCO1. The first-order chi connectivity index (χ1) is 11.9. The molecule has 0 N–H and O–H groups in total. The average Bonchev–Trinajstić information content (AvgIpc) is 2.61. The van der Waals surface area contributed by atoms with Gasteiger partial charge in [-0.05, 0) is 12.8 Å². The molecule has 140 valence electrons. The molecule has 3 heterocycles. The lowest BCUT2D eigenvalue weighted by atomic mass is 9.93. The molecule has 3 aliphatic rings. The first-order valence-corrected chi connectivity index (χ1v) is 12.6. The van der Waals surface area contributed by atoms with Gasteiger partial charge in [0.25, 0.3) is 0 Å². The summed E-state index contributed by atoms with van der Waals surface area (Å²) < 4.78 is 24.6. The van der Waals surface area contributed by atoms with Crippen molar-refractivity contribution in [3.63, 3.8) is 0 Å². The van der Waals surface area contributed by atoms with Crippen LogP contribution < -0.4 is 0 Å². The van der Waals surface area contributed by atoms with Crippen molar-refractivity contribution >= 4 is 35.3 Å². The Bertz CT molecular complexity index is 353. The molecule has 7 heteroatoms. The smallest absolute Gasteiger partial charge is 0.194 e. The molecule has 3 rings (SSSR count). The van der Waals surface area contributed by atoms with Gasteiger partial charge in [0.2, 0.25) is 0 Å². The van der Waals surface area contributed by atoms with Crippen molar-refractivity contribution in [3.8, 4) is 0 Å². The van der Waals surface area contributed by atoms with E-state index in [9.17, 15) is 0 Å². The lowest BCUT2D eigenvalue weighted by Gasteiger charge is -2.47. The molecule has 3 unspecified atom stereocenters. The third kappa shape index (κ3) is 5.96. The molecule has 3 aliphatic heterocycles. The van der Waals surface area contributed by atoms with Crippen molar-refractivity contribution in [3.05, 3.63) is 0 Å². The summed E-state index contributed by atoms with van der Waals surface area (Å²) in [6, 6.07) is 0. The Morgan fingerprint density at radius 1 is 0.708 bits per heavy atom. The van der Waals surface area contributed by atoms with E-state index in [1.165, 1.54) is 23.0 Å². The van der Waals surface area contributed by atoms with Crippen LogP contribution in [0.4, 0.5) is 0 Å². The molecule has 1 spiro atoms. The van der Waals surface area contributed by atoms with E-state index in [0.717, 1.165) is 57.0 Å². The summed E-state index contributed by atoms with van der Waals surface area (Å²) in [5, 5.41) is 0. The van der Waals surface area contributed by atoms with Crippen LogP contribution in [0, 0.1) is 0 Å². The van der Waals surface area contributed by atoms with E-state index in [2.05, 4.69) is 11.8 Å². The molecule has 3 atom stereocenters. The molecule has 0 amide bonds. The molecule has 3 fully saturated rings. The first kappa shape index (κ1) is 19.6. The largest absolute Gasteiger partial charge is 0.375 e. The predicted molar refractivity (Wildman–Crippen MR) is 105 cm³/mol. The summed E-state index contributed by atoms with van der Waals surface area (Å²) in [6.45, 7) is 3.00. The summed E-state index contributed by atoms with van der Waals surface area (Å²) in [7, 11) is 0. The van der Waals surface area contributed by atoms with Crippen LogP contribution in [0.2, 0.25) is 0 Å². The number of rotatable bonds is 0. The molecule has 4 nitrogen and oxygen atoms in total. The van der Waals surface area contributed by atoms with Crippen LogP contribution >= 0.6 is 35.3 Å². The van der Waals surface area contributed by atoms with Crippen molar-refractivity contribution in [1.29, 1.82) is 0 Å². The maximum absolute atomic E-state index is 6.24. The van der Waals surface area contributed by atoms with Gasteiger partial charge in [-0.2, -0.15) is 35.3 Å². The van der Waals surface area contributed by atoms with Gasteiger partial charge < -0.3 is 18.9 Å². The summed E-state index contributed by atoms with van der Waals surface area (Å²) in [5.74, 6) is 6.53. The fourth-order valence-electron chi connectivity index (χ4n) is 3.35. The van der Waals surface area contributed by atoms with Crippen LogP contribution in [-0.2, 0) is 18.9 Å². The van der Waals surface area contributed by atoms with Gasteiger partial charge in [0, 0.05) is 47.4 Å². The van der Waals surface area contributed by atoms with Crippen molar-refractivity contribution in [2.75, 3.05) is 60.9 Å². The molecule has 0 aliphatic carbocycles. The Kier molecular flexibility index (Phi) is 8.92. The summed E-state index contributed by atoms with van der Waals surface area (Å²) in [6.07, 6.45) is 4.28. The second kappa shape index (κ2) is 10.9. The molecular weight excluding hydrogens is 364 g/mol. The molecule has 2 bridgehead atoms. The van der Waals surface area contributed by atoms with Crippen molar-refractivity contribution in [1.82, 2.24) is 0 Å². The third-order valence-corrected chi connectivity index (χ3v) is 8.02. The average molecular weight is 395 g/mol. The zero-order valence-corrected chi connectivity index (χ0v) is 16.9. The number of hydrogen-bond acceptors (Lipinski definition) is 7. The van der Waals surface area contributed by atoms with Gasteiger partial charge in [-0.25, -0.2) is 0 Å². The van der Waals surface area contributed by atoms with Crippen molar-refractivity contribution in [2.24, 2.45) is 0 Å². The maximum atomic E-state index is 6.24. The van der Waals surface area contributed by atoms with Gasteiger partial charge in [-0.3, -0.25) is 0 Å². The lowest BCUT2D eigenvalue weighted by Crippen LogP contribution is -2.57. The van der Waals surface area contributed by atoms with Gasteiger partial charge in [0.05, 0.1) is 32.5 Å². The number of fused-ring (bicyclic) bond motifs is 3. The summed E-state index contributed by atoms with van der Waals surface area (Å²) in [5.41, 5.74) is 0. The molecule has 24 heavy (non-hydrogen) atoms. The van der Waals surface area contributed by atoms with E-state index < -0.39 is 5.79 Å². The summed E-state index contributed by atoms with van der Waals surface area (Å²) >= 11 is 6.04. The van der Waals surface area contributed by atoms with Gasteiger partial charge in [-0.1, -0.05) is 0 Å². The van der Waals surface area contributed by atoms with E-state index in [4.69, 9.17) is 18.9 Å². The molecule has 3 saturated heterocycles. The van der Waals surface area contributed by atoms with E-state index >= 15 is 0 Å². The van der Waals surface area contributed by atoms with E-state index in [-0.39, 0.29) is 12.2 Å². The Labute approximate surface area is 158 Å². The number of hydrogen-bond donors (Lipinski definition) is 0.